The quantitative estimate of drug-likeness (QED) is 0.848. The molecule has 2 fully saturated rings. The fourth-order valence-electron chi connectivity index (χ4n) is 3.53. The van der Waals surface area contributed by atoms with Gasteiger partial charge in [0.1, 0.15) is 6.26 Å². The second kappa shape index (κ2) is 5.58. The van der Waals surface area contributed by atoms with Crippen molar-refractivity contribution in [2.24, 2.45) is 5.41 Å². The summed E-state index contributed by atoms with van der Waals surface area (Å²) < 4.78 is 16.4. The first kappa shape index (κ1) is 13.6. The average molecular weight is 279 g/mol. The van der Waals surface area contributed by atoms with Crippen molar-refractivity contribution in [3.63, 3.8) is 0 Å². The summed E-state index contributed by atoms with van der Waals surface area (Å²) in [5, 5.41) is 0. The average Bonchev–Trinajstić information content (AvgIpc) is 3.00. The van der Waals surface area contributed by atoms with E-state index >= 15 is 0 Å². The van der Waals surface area contributed by atoms with Gasteiger partial charge in [0.2, 0.25) is 0 Å². The number of rotatable bonds is 3. The Morgan fingerprint density at radius 3 is 3.25 bits per heavy atom. The number of amides is 1. The van der Waals surface area contributed by atoms with E-state index in [4.69, 9.17) is 13.9 Å². The van der Waals surface area contributed by atoms with E-state index in [1.54, 1.807) is 13.2 Å². The highest BCUT2D eigenvalue weighted by Crippen LogP contribution is 2.40. The van der Waals surface area contributed by atoms with Crippen LogP contribution in [0.4, 0.5) is 0 Å². The first-order valence-corrected chi connectivity index (χ1v) is 7.17. The van der Waals surface area contributed by atoms with Crippen molar-refractivity contribution in [2.75, 3.05) is 33.4 Å². The topological polar surface area (TPSA) is 51.9 Å². The summed E-state index contributed by atoms with van der Waals surface area (Å²) in [7, 11) is 1.72. The summed E-state index contributed by atoms with van der Waals surface area (Å²) in [6, 6.07) is 1.72. The smallest absolute Gasteiger partial charge is 0.257 e. The number of nitrogens with zero attached hydrogens (tertiary/aromatic N) is 1. The summed E-state index contributed by atoms with van der Waals surface area (Å²) in [6.45, 7) is 2.91. The van der Waals surface area contributed by atoms with Gasteiger partial charge in [0.25, 0.3) is 5.91 Å². The maximum absolute atomic E-state index is 12.5. The molecule has 3 heterocycles. The van der Waals surface area contributed by atoms with E-state index < -0.39 is 0 Å². The molecule has 0 N–H and O–H groups in total. The fraction of sp³-hybridized carbons (Fsp3) is 0.667. The SMILES string of the molecule is COC[C@]12CCCO[C@H]1CCN(C(=O)c1ccoc1)C2. The molecule has 20 heavy (non-hydrogen) atoms. The molecule has 110 valence electrons. The molecular weight excluding hydrogens is 258 g/mol. The molecule has 1 aromatic heterocycles. The van der Waals surface area contributed by atoms with Gasteiger partial charge in [-0.3, -0.25) is 4.79 Å². The van der Waals surface area contributed by atoms with Gasteiger partial charge in [-0.2, -0.15) is 0 Å². The van der Waals surface area contributed by atoms with Gasteiger partial charge >= 0.3 is 0 Å². The molecule has 0 spiro atoms. The standard InChI is InChI=1S/C15H21NO4/c1-18-11-15-5-2-7-20-13(15)3-6-16(10-15)14(17)12-4-8-19-9-12/h4,8-9,13H,2-3,5-7,10-11H2,1H3/t13-,15+/m0/s1. The van der Waals surface area contributed by atoms with E-state index in [1.807, 2.05) is 4.90 Å². The second-order valence-corrected chi connectivity index (χ2v) is 5.79. The molecule has 2 aliphatic rings. The van der Waals surface area contributed by atoms with E-state index in [2.05, 4.69) is 0 Å². The number of fused-ring (bicyclic) bond motifs is 1. The summed E-state index contributed by atoms with van der Waals surface area (Å²) in [5.41, 5.74) is 0.567. The van der Waals surface area contributed by atoms with Gasteiger partial charge < -0.3 is 18.8 Å². The van der Waals surface area contributed by atoms with E-state index in [-0.39, 0.29) is 17.4 Å². The van der Waals surface area contributed by atoms with Crippen LogP contribution in [0.15, 0.2) is 23.0 Å². The lowest BCUT2D eigenvalue weighted by Gasteiger charge is -2.50. The van der Waals surface area contributed by atoms with Crippen molar-refractivity contribution in [2.45, 2.75) is 25.4 Å². The van der Waals surface area contributed by atoms with Crippen LogP contribution in [0.1, 0.15) is 29.6 Å². The van der Waals surface area contributed by atoms with Crippen molar-refractivity contribution in [3.8, 4) is 0 Å². The number of piperidine rings is 1. The van der Waals surface area contributed by atoms with Gasteiger partial charge in [-0.05, 0) is 25.3 Å². The lowest BCUT2D eigenvalue weighted by atomic mass is 9.73. The molecule has 0 saturated carbocycles. The number of hydrogen-bond donors (Lipinski definition) is 0. The molecular formula is C15H21NO4. The zero-order chi connectivity index (χ0) is 14.0. The van der Waals surface area contributed by atoms with Crippen molar-refractivity contribution < 1.29 is 18.7 Å². The molecule has 1 aromatic rings. The number of likely N-dealkylation sites (tertiary alicyclic amines) is 1. The largest absolute Gasteiger partial charge is 0.472 e. The second-order valence-electron chi connectivity index (χ2n) is 5.79. The third-order valence-electron chi connectivity index (χ3n) is 4.48. The van der Waals surface area contributed by atoms with Crippen LogP contribution in [0.25, 0.3) is 0 Å². The minimum atomic E-state index is -0.0509. The number of ether oxygens (including phenoxy) is 2. The van der Waals surface area contributed by atoms with Crippen LogP contribution in [0.5, 0.6) is 0 Å². The fourth-order valence-corrected chi connectivity index (χ4v) is 3.53. The molecule has 2 saturated heterocycles. The highest BCUT2D eigenvalue weighted by atomic mass is 16.5. The molecule has 3 rings (SSSR count). The summed E-state index contributed by atoms with van der Waals surface area (Å²) in [6.07, 6.45) is 6.23. The Labute approximate surface area is 118 Å². The van der Waals surface area contributed by atoms with Crippen molar-refractivity contribution in [3.05, 3.63) is 24.2 Å². The van der Waals surface area contributed by atoms with Crippen LogP contribution in [0.3, 0.4) is 0 Å². The molecule has 5 nitrogen and oxygen atoms in total. The number of hydrogen-bond acceptors (Lipinski definition) is 4. The van der Waals surface area contributed by atoms with Gasteiger partial charge in [0, 0.05) is 32.2 Å². The summed E-state index contributed by atoms with van der Waals surface area (Å²) in [5.74, 6) is 0.0400. The van der Waals surface area contributed by atoms with Crippen LogP contribution in [0, 0.1) is 5.41 Å². The number of furan rings is 1. The minimum Gasteiger partial charge on any atom is -0.472 e. The van der Waals surface area contributed by atoms with Crippen LogP contribution in [0.2, 0.25) is 0 Å². The predicted molar refractivity (Wildman–Crippen MR) is 72.5 cm³/mol. The Morgan fingerprint density at radius 2 is 2.50 bits per heavy atom. The lowest BCUT2D eigenvalue weighted by Crippen LogP contribution is -2.58. The minimum absolute atomic E-state index is 0.0400. The lowest BCUT2D eigenvalue weighted by molar-refractivity contribution is -0.142. The zero-order valence-electron chi connectivity index (χ0n) is 11.8. The molecule has 0 aliphatic carbocycles. The molecule has 2 atom stereocenters. The summed E-state index contributed by atoms with van der Waals surface area (Å²) in [4.78, 5) is 14.4. The number of carbonyl (C=O) groups excluding carboxylic acids is 1. The highest BCUT2D eigenvalue weighted by molar-refractivity contribution is 5.93. The van der Waals surface area contributed by atoms with Gasteiger partial charge in [-0.1, -0.05) is 0 Å². The van der Waals surface area contributed by atoms with E-state index in [1.165, 1.54) is 12.5 Å². The molecule has 0 aromatic carbocycles. The first-order valence-electron chi connectivity index (χ1n) is 7.17. The van der Waals surface area contributed by atoms with Gasteiger partial charge in [-0.15, -0.1) is 0 Å². The Hall–Kier alpha value is -1.33. The van der Waals surface area contributed by atoms with Crippen molar-refractivity contribution in [1.82, 2.24) is 4.90 Å². The van der Waals surface area contributed by atoms with Crippen molar-refractivity contribution >= 4 is 5.91 Å². The molecule has 1 amide bonds. The monoisotopic (exact) mass is 279 g/mol. The van der Waals surface area contributed by atoms with E-state index in [9.17, 15) is 4.79 Å². The predicted octanol–water partition coefficient (Wildman–Crippen LogP) is 1.94. The van der Waals surface area contributed by atoms with Gasteiger partial charge in [-0.25, -0.2) is 0 Å². The van der Waals surface area contributed by atoms with Crippen LogP contribution < -0.4 is 0 Å². The van der Waals surface area contributed by atoms with Crippen LogP contribution in [-0.2, 0) is 9.47 Å². The molecule has 0 radical (unpaired) electrons. The third kappa shape index (κ3) is 2.36. The Balaban J connectivity index is 1.77. The summed E-state index contributed by atoms with van der Waals surface area (Å²) >= 11 is 0. The first-order chi connectivity index (χ1) is 9.75. The normalized spacial score (nSPS) is 30.1. The molecule has 0 unspecified atom stereocenters. The maximum Gasteiger partial charge on any atom is 0.257 e. The van der Waals surface area contributed by atoms with Gasteiger partial charge in [0.15, 0.2) is 0 Å². The third-order valence-corrected chi connectivity index (χ3v) is 4.48. The maximum atomic E-state index is 12.5. The zero-order valence-corrected chi connectivity index (χ0v) is 11.8. The molecule has 2 aliphatic heterocycles. The van der Waals surface area contributed by atoms with Crippen molar-refractivity contribution in [1.29, 1.82) is 0 Å². The highest BCUT2D eigenvalue weighted by Gasteiger charge is 2.47. The molecule has 5 heteroatoms. The Bertz CT molecular complexity index is 454. The van der Waals surface area contributed by atoms with Crippen LogP contribution >= 0.6 is 0 Å². The Morgan fingerprint density at radius 1 is 1.60 bits per heavy atom. The van der Waals surface area contributed by atoms with Gasteiger partial charge in [0.05, 0.1) is 24.5 Å². The molecule has 0 bridgehead atoms. The Kier molecular flexibility index (Phi) is 3.81. The van der Waals surface area contributed by atoms with E-state index in [0.29, 0.717) is 18.7 Å². The number of methoxy groups -OCH3 is 1. The number of carbonyl (C=O) groups is 1. The van der Waals surface area contributed by atoms with Crippen LogP contribution in [-0.4, -0.2) is 50.3 Å². The van der Waals surface area contributed by atoms with E-state index in [0.717, 1.165) is 32.4 Å².